The first-order chi connectivity index (χ1) is 12.7. The zero-order valence-corrected chi connectivity index (χ0v) is 15.4. The van der Waals surface area contributed by atoms with Gasteiger partial charge >= 0.3 is 0 Å². The van der Waals surface area contributed by atoms with Gasteiger partial charge in [-0.1, -0.05) is 6.07 Å². The van der Waals surface area contributed by atoms with Gasteiger partial charge in [-0.25, -0.2) is 8.42 Å². The molecule has 5 N–H and O–H groups in total. The number of hydrogen-bond donors (Lipinski definition) is 4. The molecule has 141 valence electrons. The zero-order chi connectivity index (χ0) is 19.6. The predicted octanol–water partition coefficient (Wildman–Crippen LogP) is 0.556. The van der Waals surface area contributed by atoms with Gasteiger partial charge in [0.05, 0.1) is 17.0 Å². The number of rotatable bonds is 7. The van der Waals surface area contributed by atoms with E-state index in [9.17, 15) is 18.0 Å². The summed E-state index contributed by atoms with van der Waals surface area (Å²) in [6.45, 7) is 0.917. The summed E-state index contributed by atoms with van der Waals surface area (Å²) in [7, 11) is -2.99. The topological polar surface area (TPSA) is 138 Å². The number of fused-ring (bicyclic) bond motifs is 1. The van der Waals surface area contributed by atoms with Gasteiger partial charge in [0.2, 0.25) is 0 Å². The van der Waals surface area contributed by atoms with E-state index >= 15 is 0 Å². The minimum Gasteiger partial charge on any atom is -0.364 e. The second-order valence-electron chi connectivity index (χ2n) is 6.31. The highest BCUT2D eigenvalue weighted by Crippen LogP contribution is 2.23. The quantitative estimate of drug-likeness (QED) is 0.439. The molecule has 0 spiro atoms. The standard InChI is InChI=1S/C18H19N4O4S/c1-27(25,26)7-6-20-10-11-2-4-14-12(8-11)9-16(21-14)13-3-5-15(17(19)23)22-18(13)24/h2-4,8-9,20-21H,6-7,10H2,1H3,(H2,19,23)(H,22,24). The second-order valence-corrected chi connectivity index (χ2v) is 8.57. The number of nitrogens with two attached hydrogens (primary N) is 1. The van der Waals surface area contributed by atoms with Gasteiger partial charge in [0.25, 0.3) is 11.5 Å². The number of nitrogens with one attached hydrogen (secondary N) is 3. The number of primary amides is 1. The molecular formula is C18H19N4O4S. The lowest BCUT2D eigenvalue weighted by Crippen LogP contribution is -2.21. The highest BCUT2D eigenvalue weighted by Gasteiger charge is 2.10. The van der Waals surface area contributed by atoms with Crippen molar-refractivity contribution in [2.75, 3.05) is 18.6 Å². The van der Waals surface area contributed by atoms with Crippen LogP contribution in [0.5, 0.6) is 0 Å². The molecule has 1 radical (unpaired) electrons. The van der Waals surface area contributed by atoms with Crippen LogP contribution >= 0.6 is 0 Å². The molecule has 2 heterocycles. The lowest BCUT2D eigenvalue weighted by atomic mass is 10.1. The number of aromatic nitrogens is 2. The summed E-state index contributed by atoms with van der Waals surface area (Å²) >= 11 is 0. The number of sulfone groups is 1. The van der Waals surface area contributed by atoms with Gasteiger partial charge in [-0.05, 0) is 29.8 Å². The van der Waals surface area contributed by atoms with E-state index in [1.807, 2.05) is 24.3 Å². The molecule has 1 amide bonds. The van der Waals surface area contributed by atoms with Crippen molar-refractivity contribution in [1.82, 2.24) is 15.3 Å². The molecule has 0 aliphatic heterocycles. The van der Waals surface area contributed by atoms with Gasteiger partial charge in [0, 0.05) is 36.3 Å². The third-order valence-electron chi connectivity index (χ3n) is 4.04. The molecule has 0 fully saturated rings. The Hall–Kier alpha value is -2.91. The van der Waals surface area contributed by atoms with Crippen LogP contribution in [0.15, 0.2) is 35.1 Å². The zero-order valence-electron chi connectivity index (χ0n) is 14.6. The summed E-state index contributed by atoms with van der Waals surface area (Å²) in [4.78, 5) is 28.9. The highest BCUT2D eigenvalue weighted by atomic mass is 32.2. The fourth-order valence-corrected chi connectivity index (χ4v) is 3.20. The van der Waals surface area contributed by atoms with E-state index in [2.05, 4.69) is 21.4 Å². The summed E-state index contributed by atoms with van der Waals surface area (Å²) < 4.78 is 22.3. The van der Waals surface area contributed by atoms with Crippen molar-refractivity contribution in [1.29, 1.82) is 0 Å². The predicted molar refractivity (Wildman–Crippen MR) is 103 cm³/mol. The maximum atomic E-state index is 12.2. The number of carbonyl (C=O) groups excluding carboxylic acids is 1. The lowest BCUT2D eigenvalue weighted by Gasteiger charge is -2.04. The van der Waals surface area contributed by atoms with Crippen LogP contribution in [0.2, 0.25) is 0 Å². The van der Waals surface area contributed by atoms with Crippen molar-refractivity contribution in [3.05, 3.63) is 58.0 Å². The molecule has 0 aliphatic carbocycles. The smallest absolute Gasteiger partial charge is 0.265 e. The van der Waals surface area contributed by atoms with E-state index in [1.54, 1.807) is 0 Å². The van der Waals surface area contributed by atoms with Crippen LogP contribution < -0.4 is 16.6 Å². The van der Waals surface area contributed by atoms with Gasteiger partial charge in [-0.15, -0.1) is 0 Å². The van der Waals surface area contributed by atoms with E-state index in [0.717, 1.165) is 16.5 Å². The summed E-state index contributed by atoms with van der Waals surface area (Å²) in [6.07, 6.45) is 1.21. The van der Waals surface area contributed by atoms with E-state index in [-0.39, 0.29) is 11.4 Å². The SMILES string of the molecule is CS(=O)(=O)CCNCc1ccc2[nH]c(-c3c[c]c(C(N)=O)[nH]c3=O)cc2c1. The number of benzene rings is 1. The van der Waals surface area contributed by atoms with Crippen molar-refractivity contribution in [3.8, 4) is 11.3 Å². The Balaban J connectivity index is 1.80. The van der Waals surface area contributed by atoms with Crippen LogP contribution in [-0.4, -0.2) is 42.8 Å². The van der Waals surface area contributed by atoms with Gasteiger partial charge in [0.1, 0.15) is 15.5 Å². The normalized spacial score (nSPS) is 11.7. The van der Waals surface area contributed by atoms with Crippen LogP contribution in [0.25, 0.3) is 22.2 Å². The van der Waals surface area contributed by atoms with Gasteiger partial charge in [-0.2, -0.15) is 0 Å². The van der Waals surface area contributed by atoms with Crippen LogP contribution in [0, 0.1) is 6.07 Å². The average Bonchev–Trinajstić information content (AvgIpc) is 3.00. The van der Waals surface area contributed by atoms with Crippen molar-refractivity contribution in [2.24, 2.45) is 5.73 Å². The van der Waals surface area contributed by atoms with Crippen molar-refractivity contribution in [3.63, 3.8) is 0 Å². The lowest BCUT2D eigenvalue weighted by molar-refractivity contribution is 0.0995. The molecule has 0 bridgehead atoms. The van der Waals surface area contributed by atoms with Gasteiger partial charge in [-0.3, -0.25) is 9.59 Å². The first-order valence-electron chi connectivity index (χ1n) is 8.18. The van der Waals surface area contributed by atoms with Crippen LogP contribution in [0.1, 0.15) is 16.1 Å². The summed E-state index contributed by atoms with van der Waals surface area (Å²) in [6, 6.07) is 11.7. The summed E-state index contributed by atoms with van der Waals surface area (Å²) in [5.41, 5.74) is 7.43. The highest BCUT2D eigenvalue weighted by molar-refractivity contribution is 7.90. The van der Waals surface area contributed by atoms with Crippen molar-refractivity contribution in [2.45, 2.75) is 6.54 Å². The Bertz CT molecular complexity index is 1160. The number of H-pyrrole nitrogens is 2. The average molecular weight is 387 g/mol. The number of carbonyl (C=O) groups is 1. The third-order valence-corrected chi connectivity index (χ3v) is 4.99. The van der Waals surface area contributed by atoms with Crippen LogP contribution in [-0.2, 0) is 16.4 Å². The molecule has 3 rings (SSSR count). The van der Waals surface area contributed by atoms with E-state index in [0.29, 0.717) is 24.3 Å². The Morgan fingerprint density at radius 2 is 2.04 bits per heavy atom. The van der Waals surface area contributed by atoms with E-state index in [1.165, 1.54) is 12.3 Å². The first-order valence-corrected chi connectivity index (χ1v) is 10.2. The summed E-state index contributed by atoms with van der Waals surface area (Å²) in [5.74, 6) is -0.660. The maximum Gasteiger partial charge on any atom is 0.265 e. The number of aromatic amines is 2. The molecule has 0 saturated carbocycles. The molecule has 8 nitrogen and oxygen atoms in total. The monoisotopic (exact) mass is 387 g/mol. The van der Waals surface area contributed by atoms with Crippen LogP contribution in [0.3, 0.4) is 0 Å². The molecule has 1 aromatic carbocycles. The van der Waals surface area contributed by atoms with Crippen LogP contribution in [0.4, 0.5) is 0 Å². The third kappa shape index (κ3) is 4.63. The van der Waals surface area contributed by atoms with Crippen molar-refractivity contribution < 1.29 is 13.2 Å². The second kappa shape index (κ2) is 7.37. The molecule has 2 aromatic heterocycles. The molecule has 0 aliphatic rings. The molecule has 9 heteroatoms. The number of amides is 1. The molecule has 3 aromatic rings. The molecular weight excluding hydrogens is 368 g/mol. The molecule has 27 heavy (non-hydrogen) atoms. The maximum absolute atomic E-state index is 12.2. The first kappa shape index (κ1) is 18.9. The molecule has 0 atom stereocenters. The fourth-order valence-electron chi connectivity index (χ4n) is 2.69. The number of pyridine rings is 1. The Kier molecular flexibility index (Phi) is 5.15. The Morgan fingerprint density at radius 3 is 2.70 bits per heavy atom. The van der Waals surface area contributed by atoms with E-state index < -0.39 is 21.3 Å². The molecule has 0 saturated heterocycles. The largest absolute Gasteiger partial charge is 0.364 e. The Labute approximate surface area is 155 Å². The minimum absolute atomic E-state index is 0.0673. The fraction of sp³-hybridized carbons (Fsp3) is 0.222. The number of hydrogen-bond acceptors (Lipinski definition) is 5. The van der Waals surface area contributed by atoms with Gasteiger partial charge in [0.15, 0.2) is 0 Å². The Morgan fingerprint density at radius 1 is 1.26 bits per heavy atom. The van der Waals surface area contributed by atoms with Gasteiger partial charge < -0.3 is 21.0 Å². The minimum atomic E-state index is -2.99. The molecule has 0 unspecified atom stereocenters. The van der Waals surface area contributed by atoms with E-state index in [4.69, 9.17) is 5.73 Å². The summed E-state index contributed by atoms with van der Waals surface area (Å²) in [5, 5.41) is 4.00. The van der Waals surface area contributed by atoms with Crippen molar-refractivity contribution >= 4 is 26.6 Å².